The fraction of sp³-hybridized carbons (Fsp3) is 0.269. The van der Waals surface area contributed by atoms with E-state index in [-0.39, 0.29) is 11.8 Å². The summed E-state index contributed by atoms with van der Waals surface area (Å²) in [6.07, 6.45) is 0. The summed E-state index contributed by atoms with van der Waals surface area (Å²) in [6, 6.07) is 13.9. The summed E-state index contributed by atoms with van der Waals surface area (Å²) < 4.78 is 0. The Morgan fingerprint density at radius 3 is 2.37 bits per heavy atom. The van der Waals surface area contributed by atoms with Crippen molar-refractivity contribution < 1.29 is 14.7 Å². The van der Waals surface area contributed by atoms with E-state index in [1.54, 1.807) is 48.5 Å². The molecule has 3 N–H and O–H groups in total. The van der Waals surface area contributed by atoms with Crippen LogP contribution in [0.4, 0.5) is 0 Å². The van der Waals surface area contributed by atoms with Crippen molar-refractivity contribution in [2.24, 2.45) is 4.99 Å². The molecule has 180 valence electrons. The average molecular weight is 492 g/mol. The van der Waals surface area contributed by atoms with E-state index in [9.17, 15) is 14.7 Å². The normalized spacial score (nSPS) is 16.3. The van der Waals surface area contributed by atoms with E-state index in [1.807, 2.05) is 0 Å². The fourth-order valence-electron chi connectivity index (χ4n) is 4.47. The van der Waals surface area contributed by atoms with Crippen LogP contribution < -0.4 is 5.32 Å². The third kappa shape index (κ3) is 4.73. The summed E-state index contributed by atoms with van der Waals surface area (Å²) in [5.41, 5.74) is 3.46. The summed E-state index contributed by atoms with van der Waals surface area (Å²) in [4.78, 5) is 37.1. The van der Waals surface area contributed by atoms with Gasteiger partial charge in [-0.25, -0.2) is 4.99 Å². The minimum Gasteiger partial charge on any atom is -0.494 e. The van der Waals surface area contributed by atoms with Crippen molar-refractivity contribution in [3.8, 4) is 17.1 Å². The first-order chi connectivity index (χ1) is 16.9. The van der Waals surface area contributed by atoms with Gasteiger partial charge in [0.25, 0.3) is 11.8 Å². The van der Waals surface area contributed by atoms with Crippen LogP contribution in [0.1, 0.15) is 31.8 Å². The number of benzene rings is 2. The lowest BCUT2D eigenvalue weighted by Crippen LogP contribution is -2.46. The summed E-state index contributed by atoms with van der Waals surface area (Å²) in [7, 11) is 2.12. The molecule has 2 aliphatic heterocycles. The molecule has 9 heteroatoms. The van der Waals surface area contributed by atoms with Gasteiger partial charge in [0.1, 0.15) is 0 Å². The molecular weight excluding hydrogens is 466 g/mol. The second kappa shape index (κ2) is 9.65. The number of piperazine rings is 1. The number of nitrogens with zero attached hydrogens (tertiary/aromatic N) is 3. The zero-order chi connectivity index (χ0) is 24.5. The van der Waals surface area contributed by atoms with Gasteiger partial charge in [0.05, 0.1) is 22.5 Å². The van der Waals surface area contributed by atoms with Crippen LogP contribution in [0.15, 0.2) is 53.5 Å². The predicted octanol–water partition coefficient (Wildman–Crippen LogP) is 3.01. The Morgan fingerprint density at radius 1 is 1.03 bits per heavy atom. The molecule has 0 unspecified atom stereocenters. The number of fused-ring (bicyclic) bond motifs is 1. The number of likely N-dealkylation sites (N-methyl/N-ethyl adjacent to an activating group) is 1. The van der Waals surface area contributed by atoms with Crippen LogP contribution in [-0.2, 0) is 0 Å². The monoisotopic (exact) mass is 491 g/mol. The summed E-state index contributed by atoms with van der Waals surface area (Å²) >= 11 is 5.97. The van der Waals surface area contributed by atoms with E-state index in [1.165, 1.54) is 0 Å². The molecule has 0 bridgehead atoms. The highest BCUT2D eigenvalue weighted by Crippen LogP contribution is 2.38. The Balaban J connectivity index is 1.28. The Hall–Kier alpha value is -3.46. The van der Waals surface area contributed by atoms with E-state index in [2.05, 4.69) is 32.1 Å². The number of aliphatic imine (C=N–C) groups is 1. The van der Waals surface area contributed by atoms with Gasteiger partial charge in [-0.15, -0.1) is 0 Å². The molecule has 1 fully saturated rings. The number of carbonyl (C=O) groups is 2. The van der Waals surface area contributed by atoms with Crippen molar-refractivity contribution in [2.75, 3.05) is 46.3 Å². The molecule has 2 amide bonds. The molecule has 0 aliphatic carbocycles. The van der Waals surface area contributed by atoms with E-state index < -0.39 is 5.91 Å². The highest BCUT2D eigenvalue weighted by Gasteiger charge is 2.33. The van der Waals surface area contributed by atoms with Crippen LogP contribution in [0, 0.1) is 0 Å². The SMILES string of the molecule is CN1CCN(CCNC(=O)c2ccc(-c3[nH]c(O)c4c3C(=O)N=C4c3ccc(Cl)cc3)cc2)CC1. The third-order valence-electron chi connectivity index (χ3n) is 6.51. The van der Waals surface area contributed by atoms with Crippen molar-refractivity contribution in [1.82, 2.24) is 20.1 Å². The highest BCUT2D eigenvalue weighted by atomic mass is 35.5. The van der Waals surface area contributed by atoms with Gasteiger partial charge in [0.15, 0.2) is 5.88 Å². The van der Waals surface area contributed by atoms with Crippen molar-refractivity contribution in [1.29, 1.82) is 0 Å². The molecule has 0 saturated carbocycles. The number of halogens is 1. The Kier molecular flexibility index (Phi) is 6.42. The predicted molar refractivity (Wildman–Crippen MR) is 136 cm³/mol. The van der Waals surface area contributed by atoms with E-state index in [0.29, 0.717) is 50.8 Å². The van der Waals surface area contributed by atoms with Gasteiger partial charge in [-0.1, -0.05) is 35.9 Å². The van der Waals surface area contributed by atoms with E-state index >= 15 is 0 Å². The van der Waals surface area contributed by atoms with Gasteiger partial charge in [0.2, 0.25) is 0 Å². The maximum atomic E-state index is 12.8. The van der Waals surface area contributed by atoms with Gasteiger partial charge in [-0.3, -0.25) is 14.5 Å². The molecule has 5 rings (SSSR count). The van der Waals surface area contributed by atoms with Crippen LogP contribution in [-0.4, -0.2) is 83.7 Å². The minimum absolute atomic E-state index is 0.125. The minimum atomic E-state index is -0.428. The van der Waals surface area contributed by atoms with Crippen LogP contribution in [0.5, 0.6) is 5.88 Å². The second-order valence-corrected chi connectivity index (χ2v) is 9.29. The van der Waals surface area contributed by atoms with Crippen LogP contribution >= 0.6 is 11.6 Å². The number of rotatable bonds is 6. The molecule has 3 aromatic rings. The van der Waals surface area contributed by atoms with Crippen molar-refractivity contribution in [2.45, 2.75) is 0 Å². The lowest BCUT2D eigenvalue weighted by molar-refractivity contribution is 0.0940. The number of hydrogen-bond donors (Lipinski definition) is 3. The summed E-state index contributed by atoms with van der Waals surface area (Å²) in [5, 5.41) is 14.1. The maximum absolute atomic E-state index is 12.8. The lowest BCUT2D eigenvalue weighted by atomic mass is 9.99. The summed E-state index contributed by atoms with van der Waals surface area (Å²) in [5.74, 6) is -0.697. The maximum Gasteiger partial charge on any atom is 0.280 e. The number of amides is 2. The zero-order valence-electron chi connectivity index (χ0n) is 19.3. The zero-order valence-corrected chi connectivity index (χ0v) is 20.1. The number of aromatic hydroxyl groups is 1. The Morgan fingerprint density at radius 2 is 1.69 bits per heavy atom. The molecule has 3 heterocycles. The van der Waals surface area contributed by atoms with Crippen LogP contribution in [0.2, 0.25) is 5.02 Å². The van der Waals surface area contributed by atoms with Crippen molar-refractivity contribution in [3.63, 3.8) is 0 Å². The van der Waals surface area contributed by atoms with Gasteiger partial charge >= 0.3 is 0 Å². The topological polar surface area (TPSA) is 101 Å². The molecular formula is C26H26ClN5O3. The number of nitrogens with one attached hydrogen (secondary N) is 2. The van der Waals surface area contributed by atoms with Gasteiger partial charge in [-0.2, -0.15) is 0 Å². The van der Waals surface area contributed by atoms with E-state index in [4.69, 9.17) is 11.6 Å². The Bertz CT molecular complexity index is 1290. The van der Waals surface area contributed by atoms with Crippen LogP contribution in [0.25, 0.3) is 11.3 Å². The highest BCUT2D eigenvalue weighted by molar-refractivity contribution is 6.32. The molecule has 2 aliphatic rings. The molecule has 2 aromatic carbocycles. The van der Waals surface area contributed by atoms with Gasteiger partial charge in [0, 0.05) is 55.4 Å². The molecule has 0 atom stereocenters. The quantitative estimate of drug-likeness (QED) is 0.492. The largest absolute Gasteiger partial charge is 0.494 e. The molecule has 0 spiro atoms. The average Bonchev–Trinajstić information content (AvgIpc) is 3.39. The standard InChI is InChI=1S/C26H26ClN5O3/c1-31-12-14-32(15-13-31)11-10-28-24(33)18-4-2-16(3-5-18)22-20-21(26(35)29-22)23(30-25(20)34)17-6-8-19(27)9-7-17/h2-9,29,35H,10-15H2,1H3,(H,28,33). The van der Waals surface area contributed by atoms with Crippen molar-refractivity contribution >= 4 is 29.1 Å². The lowest BCUT2D eigenvalue weighted by Gasteiger charge is -2.32. The molecule has 0 radical (unpaired) electrons. The second-order valence-electron chi connectivity index (χ2n) is 8.85. The Labute approximate surface area is 208 Å². The number of aromatic amines is 1. The first-order valence-corrected chi connectivity index (χ1v) is 11.9. The van der Waals surface area contributed by atoms with Crippen LogP contribution in [0.3, 0.4) is 0 Å². The first-order valence-electron chi connectivity index (χ1n) is 11.5. The van der Waals surface area contributed by atoms with E-state index in [0.717, 1.165) is 32.7 Å². The molecule has 35 heavy (non-hydrogen) atoms. The fourth-order valence-corrected chi connectivity index (χ4v) is 4.59. The third-order valence-corrected chi connectivity index (χ3v) is 6.76. The van der Waals surface area contributed by atoms with Gasteiger partial charge < -0.3 is 20.3 Å². The molecule has 1 aromatic heterocycles. The number of H-pyrrole nitrogens is 1. The van der Waals surface area contributed by atoms with Crippen molar-refractivity contribution in [3.05, 3.63) is 75.8 Å². The number of hydrogen-bond acceptors (Lipinski definition) is 5. The first kappa shape index (κ1) is 23.3. The molecule has 8 nitrogen and oxygen atoms in total. The molecule has 1 saturated heterocycles. The van der Waals surface area contributed by atoms with Gasteiger partial charge in [-0.05, 0) is 36.9 Å². The number of carbonyl (C=O) groups excluding carboxylic acids is 2. The smallest absolute Gasteiger partial charge is 0.280 e. The number of aromatic nitrogens is 1. The summed E-state index contributed by atoms with van der Waals surface area (Å²) in [6.45, 7) is 5.52.